The molecule has 0 saturated carbocycles. The van der Waals surface area contributed by atoms with Crippen LogP contribution >= 0.6 is 7.82 Å². The van der Waals surface area contributed by atoms with E-state index in [0.717, 1.165) is 44.9 Å². The molecule has 268 valence electrons. The van der Waals surface area contributed by atoms with E-state index in [9.17, 15) is 14.3 Å². The second kappa shape index (κ2) is 30.6. The Kier molecular flexibility index (Phi) is 30.0. The Balaban J connectivity index is 4.32. The third-order valence-corrected chi connectivity index (χ3v) is 8.78. The number of rotatable bonds is 34. The molecule has 0 fully saturated rings. The number of phosphoric acid groups is 1. The normalized spacial score (nSPS) is 14.2. The van der Waals surface area contributed by atoms with E-state index in [1.54, 1.807) is 0 Å². The van der Waals surface area contributed by atoms with E-state index < -0.39 is 13.9 Å². The minimum Gasteiger partial charge on any atom is -0.756 e. The average molecular weight is 662 g/mol. The Morgan fingerprint density at radius 2 is 1.16 bits per heavy atom. The van der Waals surface area contributed by atoms with Crippen LogP contribution in [0, 0.1) is 0 Å². The van der Waals surface area contributed by atoms with Crippen LogP contribution in [-0.2, 0) is 27.9 Å². The number of phosphoric ester groups is 1. The average Bonchev–Trinajstić information content (AvgIpc) is 2.98. The van der Waals surface area contributed by atoms with E-state index in [0.29, 0.717) is 24.1 Å². The Bertz CT molecular complexity index is 741. The maximum absolute atomic E-state index is 12.6. The topological polar surface area (TPSA) is 94.1 Å². The van der Waals surface area contributed by atoms with E-state index in [-0.39, 0.29) is 25.8 Å². The van der Waals surface area contributed by atoms with Crippen LogP contribution in [0.2, 0.25) is 0 Å². The van der Waals surface area contributed by atoms with Crippen LogP contribution in [0.15, 0.2) is 12.2 Å². The number of ether oxygens (including phenoxy) is 2. The number of carbonyl (C=O) groups excluding carboxylic acids is 1. The minimum absolute atomic E-state index is 0.0271. The standard InChI is InChI=1S/C36H72NO7P/c1-6-8-10-12-14-16-18-19-20-21-23-25-27-29-36(38)44-35(34-43-45(39,40)42-32-30-37(3,4)5)33-41-31-28-26-24-22-17-15-13-11-9-7-2/h16,18,35H,6-15,17,19-34H2,1-5H3/b18-16-. The maximum Gasteiger partial charge on any atom is 0.306 e. The molecule has 0 aliphatic rings. The summed E-state index contributed by atoms with van der Waals surface area (Å²) in [5, 5.41) is 0. The number of hydrogen-bond donors (Lipinski definition) is 0. The van der Waals surface area contributed by atoms with Crippen LogP contribution in [0.3, 0.4) is 0 Å². The van der Waals surface area contributed by atoms with E-state index in [2.05, 4.69) is 26.0 Å². The zero-order valence-corrected chi connectivity index (χ0v) is 31.0. The van der Waals surface area contributed by atoms with Crippen molar-refractivity contribution in [3.05, 3.63) is 12.2 Å². The quantitative estimate of drug-likeness (QED) is 0.0223. The number of esters is 1. The fourth-order valence-electron chi connectivity index (χ4n) is 4.89. The molecule has 45 heavy (non-hydrogen) atoms. The van der Waals surface area contributed by atoms with Crippen LogP contribution in [0.25, 0.3) is 0 Å². The molecule has 9 heteroatoms. The van der Waals surface area contributed by atoms with Gasteiger partial charge in [-0.3, -0.25) is 9.36 Å². The van der Waals surface area contributed by atoms with Gasteiger partial charge in [-0.1, -0.05) is 122 Å². The van der Waals surface area contributed by atoms with E-state index in [1.165, 1.54) is 89.9 Å². The van der Waals surface area contributed by atoms with Gasteiger partial charge in [-0.05, 0) is 38.5 Å². The lowest BCUT2D eigenvalue weighted by molar-refractivity contribution is -0.870. The summed E-state index contributed by atoms with van der Waals surface area (Å²) in [5.41, 5.74) is 0. The lowest BCUT2D eigenvalue weighted by atomic mass is 10.1. The molecule has 2 unspecified atom stereocenters. The van der Waals surface area contributed by atoms with E-state index in [1.807, 2.05) is 21.1 Å². The van der Waals surface area contributed by atoms with E-state index >= 15 is 0 Å². The molecule has 0 rings (SSSR count). The second-order valence-electron chi connectivity index (χ2n) is 13.6. The number of hydrogen-bond acceptors (Lipinski definition) is 7. The van der Waals surface area contributed by atoms with Crippen LogP contribution in [-0.4, -0.2) is 70.7 Å². The summed E-state index contributed by atoms with van der Waals surface area (Å²) >= 11 is 0. The molecule has 0 saturated heterocycles. The molecule has 2 atom stereocenters. The number of quaternary nitrogens is 1. The summed E-state index contributed by atoms with van der Waals surface area (Å²) in [6.45, 7) is 5.38. The summed E-state index contributed by atoms with van der Waals surface area (Å²) in [5.74, 6) is -0.344. The van der Waals surface area contributed by atoms with Gasteiger partial charge in [0.2, 0.25) is 0 Å². The van der Waals surface area contributed by atoms with Crippen LogP contribution in [0.4, 0.5) is 0 Å². The smallest absolute Gasteiger partial charge is 0.306 e. The van der Waals surface area contributed by atoms with Gasteiger partial charge in [-0.25, -0.2) is 0 Å². The first-order valence-corrected chi connectivity index (χ1v) is 19.9. The number of likely N-dealkylation sites (N-methyl/N-ethyl adjacent to an activating group) is 1. The lowest BCUT2D eigenvalue weighted by Gasteiger charge is -2.28. The molecule has 0 amide bonds. The number of unbranched alkanes of at least 4 members (excludes halogenated alkanes) is 18. The first kappa shape index (κ1) is 44.2. The van der Waals surface area contributed by atoms with Crippen molar-refractivity contribution >= 4 is 13.8 Å². The molecular formula is C36H72NO7P. The van der Waals surface area contributed by atoms with Crippen LogP contribution in [0.5, 0.6) is 0 Å². The van der Waals surface area contributed by atoms with Gasteiger partial charge in [0.15, 0.2) is 0 Å². The molecule has 0 spiro atoms. The molecular weight excluding hydrogens is 589 g/mol. The zero-order chi connectivity index (χ0) is 33.5. The van der Waals surface area contributed by atoms with Crippen molar-refractivity contribution in [2.45, 2.75) is 161 Å². The predicted octanol–water partition coefficient (Wildman–Crippen LogP) is 9.30. The first-order valence-electron chi connectivity index (χ1n) is 18.4. The summed E-state index contributed by atoms with van der Waals surface area (Å²) in [4.78, 5) is 24.8. The van der Waals surface area contributed by atoms with Gasteiger partial charge in [0, 0.05) is 13.0 Å². The van der Waals surface area contributed by atoms with Gasteiger partial charge < -0.3 is 27.9 Å². The van der Waals surface area contributed by atoms with Crippen molar-refractivity contribution in [2.75, 3.05) is 54.1 Å². The molecule has 0 aromatic rings. The highest BCUT2D eigenvalue weighted by Gasteiger charge is 2.20. The molecule has 0 bridgehead atoms. The Hall–Kier alpha value is -0.760. The van der Waals surface area contributed by atoms with Crippen molar-refractivity contribution in [1.82, 2.24) is 0 Å². The Labute approximate surface area is 278 Å². The molecule has 8 nitrogen and oxygen atoms in total. The van der Waals surface area contributed by atoms with Gasteiger partial charge in [-0.15, -0.1) is 0 Å². The van der Waals surface area contributed by atoms with Crippen LogP contribution < -0.4 is 4.89 Å². The summed E-state index contributed by atoms with van der Waals surface area (Å²) in [6, 6.07) is 0. The summed E-state index contributed by atoms with van der Waals surface area (Å²) in [6.07, 6.45) is 29.2. The zero-order valence-electron chi connectivity index (χ0n) is 30.1. The lowest BCUT2D eigenvalue weighted by Crippen LogP contribution is -2.37. The Morgan fingerprint density at radius 1 is 0.667 bits per heavy atom. The highest BCUT2D eigenvalue weighted by atomic mass is 31.2. The molecule has 0 aliphatic heterocycles. The molecule has 0 aliphatic carbocycles. The monoisotopic (exact) mass is 662 g/mol. The molecule has 0 radical (unpaired) electrons. The third kappa shape index (κ3) is 34.4. The number of carbonyl (C=O) groups is 1. The minimum atomic E-state index is -4.51. The van der Waals surface area contributed by atoms with Crippen molar-refractivity contribution in [1.29, 1.82) is 0 Å². The van der Waals surface area contributed by atoms with Gasteiger partial charge in [0.05, 0.1) is 34.4 Å². The van der Waals surface area contributed by atoms with Crippen molar-refractivity contribution in [3.8, 4) is 0 Å². The summed E-state index contributed by atoms with van der Waals surface area (Å²) in [7, 11) is 1.35. The molecule has 0 aromatic carbocycles. The van der Waals surface area contributed by atoms with Crippen molar-refractivity contribution < 1.29 is 37.3 Å². The fourth-order valence-corrected chi connectivity index (χ4v) is 5.62. The van der Waals surface area contributed by atoms with E-state index in [4.69, 9.17) is 18.5 Å². The Morgan fingerprint density at radius 3 is 1.71 bits per heavy atom. The van der Waals surface area contributed by atoms with Crippen LogP contribution in [0.1, 0.15) is 155 Å². The SMILES string of the molecule is CCCCCC/C=C\CCCCCCCC(=O)OC(COCCCCCCCCCCCC)COP(=O)([O-])OCC[N+](C)(C)C. The fraction of sp³-hybridized carbons (Fsp3) is 0.917. The van der Waals surface area contributed by atoms with Crippen molar-refractivity contribution in [2.24, 2.45) is 0 Å². The molecule has 0 heterocycles. The highest BCUT2D eigenvalue weighted by Crippen LogP contribution is 2.38. The second-order valence-corrected chi connectivity index (χ2v) is 15.0. The number of allylic oxidation sites excluding steroid dienone is 2. The maximum atomic E-state index is 12.6. The summed E-state index contributed by atoms with van der Waals surface area (Å²) < 4.78 is 34.3. The van der Waals surface area contributed by atoms with Gasteiger partial charge >= 0.3 is 5.97 Å². The molecule has 0 aromatic heterocycles. The predicted molar refractivity (Wildman–Crippen MR) is 185 cm³/mol. The van der Waals surface area contributed by atoms with Gasteiger partial charge in [0.1, 0.15) is 19.3 Å². The first-order chi connectivity index (χ1) is 21.6. The van der Waals surface area contributed by atoms with Gasteiger partial charge in [-0.2, -0.15) is 0 Å². The number of nitrogens with zero attached hydrogens (tertiary/aromatic N) is 1. The molecule has 0 N–H and O–H groups in total. The largest absolute Gasteiger partial charge is 0.756 e. The van der Waals surface area contributed by atoms with Gasteiger partial charge in [0.25, 0.3) is 7.82 Å². The highest BCUT2D eigenvalue weighted by molar-refractivity contribution is 7.45. The third-order valence-electron chi connectivity index (χ3n) is 7.82. The van der Waals surface area contributed by atoms with Crippen molar-refractivity contribution in [3.63, 3.8) is 0 Å².